The maximum Gasteiger partial charge on any atom is 0.320 e. The van der Waals surface area contributed by atoms with E-state index in [1.807, 2.05) is 0 Å². The first-order valence-electron chi connectivity index (χ1n) is 5.43. The molecule has 7 heteroatoms. The Morgan fingerprint density at radius 3 is 2.67 bits per heavy atom. The van der Waals surface area contributed by atoms with Gasteiger partial charge in [-0.25, -0.2) is 0 Å². The summed E-state index contributed by atoms with van der Waals surface area (Å²) in [5.74, 6) is -0.926. The van der Waals surface area contributed by atoms with Gasteiger partial charge in [0.1, 0.15) is 12.3 Å². The van der Waals surface area contributed by atoms with Crippen LogP contribution in [0.2, 0.25) is 0 Å². The summed E-state index contributed by atoms with van der Waals surface area (Å²) >= 11 is 0. The van der Waals surface area contributed by atoms with Crippen molar-refractivity contribution in [3.8, 4) is 0 Å². The highest BCUT2D eigenvalue weighted by Crippen LogP contribution is 2.22. The second-order valence-corrected chi connectivity index (χ2v) is 3.95. The molecule has 1 heterocycles. The fraction of sp³-hybridized carbons (Fsp3) is 0.364. The second-order valence-electron chi connectivity index (χ2n) is 3.95. The van der Waals surface area contributed by atoms with Gasteiger partial charge in [-0.3, -0.25) is 20.2 Å². The van der Waals surface area contributed by atoms with Gasteiger partial charge in [-0.05, 0) is 24.1 Å². The third-order valence-electron chi connectivity index (χ3n) is 2.75. The van der Waals surface area contributed by atoms with Crippen molar-refractivity contribution in [1.29, 1.82) is 0 Å². The number of nitrogens with one attached hydrogen (secondary N) is 1. The summed E-state index contributed by atoms with van der Waals surface area (Å²) in [7, 11) is 0. The molecule has 0 saturated carbocycles. The lowest BCUT2D eigenvalue weighted by atomic mass is 10.1. The molecular weight excluding hydrogens is 240 g/mol. The van der Waals surface area contributed by atoms with E-state index in [1.54, 1.807) is 12.1 Å². The van der Waals surface area contributed by atoms with Crippen molar-refractivity contribution < 1.29 is 19.6 Å². The van der Waals surface area contributed by atoms with E-state index in [1.165, 1.54) is 12.1 Å². The van der Waals surface area contributed by atoms with Crippen LogP contribution < -0.4 is 5.32 Å². The van der Waals surface area contributed by atoms with Gasteiger partial charge in [-0.1, -0.05) is 0 Å². The van der Waals surface area contributed by atoms with Gasteiger partial charge in [0.2, 0.25) is 0 Å². The normalized spacial score (nSPS) is 23.6. The molecule has 2 unspecified atom stereocenters. The summed E-state index contributed by atoms with van der Waals surface area (Å²) in [6.45, 7) is 0.339. The number of hydrogen-bond donors (Lipinski definition) is 2. The maximum atomic E-state index is 10.9. The SMILES string of the molecule is O=C(O)C1CCOC(c2ccc([N+](=O)[O-])cc2)N1. The van der Waals surface area contributed by atoms with Crippen LogP contribution in [0.15, 0.2) is 24.3 Å². The Labute approximate surface area is 103 Å². The molecule has 2 rings (SSSR count). The molecule has 1 aromatic carbocycles. The fourth-order valence-corrected chi connectivity index (χ4v) is 1.78. The van der Waals surface area contributed by atoms with Crippen molar-refractivity contribution >= 4 is 11.7 Å². The Hall–Kier alpha value is -1.99. The number of rotatable bonds is 3. The van der Waals surface area contributed by atoms with Crippen molar-refractivity contribution in [2.75, 3.05) is 6.61 Å². The van der Waals surface area contributed by atoms with Gasteiger partial charge in [0.25, 0.3) is 5.69 Å². The number of non-ortho nitro benzene ring substituents is 1. The summed E-state index contributed by atoms with van der Waals surface area (Å²) in [4.78, 5) is 20.9. The van der Waals surface area contributed by atoms with Crippen LogP contribution in [0.1, 0.15) is 18.2 Å². The van der Waals surface area contributed by atoms with Crippen LogP contribution >= 0.6 is 0 Å². The van der Waals surface area contributed by atoms with Crippen molar-refractivity contribution in [2.24, 2.45) is 0 Å². The van der Waals surface area contributed by atoms with Gasteiger partial charge in [0.15, 0.2) is 0 Å². The van der Waals surface area contributed by atoms with E-state index in [2.05, 4.69) is 5.32 Å². The molecule has 2 N–H and O–H groups in total. The fourth-order valence-electron chi connectivity index (χ4n) is 1.78. The standard InChI is InChI=1S/C11H12N2O5/c14-11(15)9-5-6-18-10(12-9)7-1-3-8(4-2-7)13(16)17/h1-4,9-10,12H,5-6H2,(H,14,15). The molecule has 0 amide bonds. The van der Waals surface area contributed by atoms with Gasteiger partial charge in [-0.15, -0.1) is 0 Å². The van der Waals surface area contributed by atoms with Crippen LogP contribution in [-0.4, -0.2) is 28.6 Å². The number of nitrogens with zero attached hydrogens (tertiary/aromatic N) is 1. The van der Waals surface area contributed by atoms with Crippen molar-refractivity contribution in [3.63, 3.8) is 0 Å². The van der Waals surface area contributed by atoms with Gasteiger partial charge in [0.05, 0.1) is 11.5 Å². The molecule has 0 radical (unpaired) electrons. The van der Waals surface area contributed by atoms with E-state index in [9.17, 15) is 14.9 Å². The largest absolute Gasteiger partial charge is 0.480 e. The lowest BCUT2D eigenvalue weighted by molar-refractivity contribution is -0.384. The number of carbonyl (C=O) groups is 1. The highest BCUT2D eigenvalue weighted by Gasteiger charge is 2.27. The minimum absolute atomic E-state index is 0.00987. The quantitative estimate of drug-likeness (QED) is 0.616. The number of ether oxygens (including phenoxy) is 1. The van der Waals surface area contributed by atoms with E-state index in [0.717, 1.165) is 0 Å². The van der Waals surface area contributed by atoms with Crippen molar-refractivity contribution in [3.05, 3.63) is 39.9 Å². The van der Waals surface area contributed by atoms with Gasteiger partial charge in [0, 0.05) is 12.1 Å². The van der Waals surface area contributed by atoms with E-state index in [4.69, 9.17) is 9.84 Å². The van der Waals surface area contributed by atoms with Crippen LogP contribution in [0.25, 0.3) is 0 Å². The van der Waals surface area contributed by atoms with Gasteiger partial charge < -0.3 is 9.84 Å². The topological polar surface area (TPSA) is 102 Å². The minimum atomic E-state index is -0.926. The Bertz CT molecular complexity index is 459. The summed E-state index contributed by atoms with van der Waals surface area (Å²) < 4.78 is 5.40. The summed E-state index contributed by atoms with van der Waals surface area (Å²) in [6.07, 6.45) is -0.139. The smallest absolute Gasteiger partial charge is 0.320 e. The number of carboxylic acids is 1. The molecule has 1 saturated heterocycles. The molecule has 96 valence electrons. The molecule has 0 aromatic heterocycles. The first kappa shape index (κ1) is 12.5. The molecule has 0 aliphatic carbocycles. The van der Waals surface area contributed by atoms with Crippen LogP contribution in [0.3, 0.4) is 0 Å². The zero-order valence-corrected chi connectivity index (χ0v) is 9.41. The van der Waals surface area contributed by atoms with Gasteiger partial charge in [-0.2, -0.15) is 0 Å². The number of aliphatic carboxylic acids is 1. The average molecular weight is 252 g/mol. The molecule has 2 atom stereocenters. The van der Waals surface area contributed by atoms with Crippen LogP contribution in [0.5, 0.6) is 0 Å². The van der Waals surface area contributed by atoms with E-state index >= 15 is 0 Å². The molecule has 1 aromatic rings. The monoisotopic (exact) mass is 252 g/mol. The summed E-state index contributed by atoms with van der Waals surface area (Å²) in [6, 6.07) is 5.19. The molecule has 18 heavy (non-hydrogen) atoms. The van der Waals surface area contributed by atoms with E-state index in [0.29, 0.717) is 18.6 Å². The first-order chi connectivity index (χ1) is 8.58. The minimum Gasteiger partial charge on any atom is -0.480 e. The first-order valence-corrected chi connectivity index (χ1v) is 5.43. The molecule has 7 nitrogen and oxygen atoms in total. The average Bonchev–Trinajstić information content (AvgIpc) is 2.39. The molecule has 0 spiro atoms. The predicted octanol–water partition coefficient (Wildman–Crippen LogP) is 1.06. The number of nitro benzene ring substituents is 1. The summed E-state index contributed by atoms with van der Waals surface area (Å²) in [5, 5.41) is 22.2. The molecular formula is C11H12N2O5. The van der Waals surface area contributed by atoms with Gasteiger partial charge >= 0.3 is 5.97 Å². The number of carboxylic acid groups (broad SMARTS) is 1. The molecule has 1 aliphatic heterocycles. The molecule has 0 bridgehead atoms. The Morgan fingerprint density at radius 2 is 2.11 bits per heavy atom. The van der Waals surface area contributed by atoms with Crippen LogP contribution in [-0.2, 0) is 9.53 Å². The number of benzene rings is 1. The number of nitro groups is 1. The predicted molar refractivity (Wildman–Crippen MR) is 61.0 cm³/mol. The Kier molecular flexibility index (Phi) is 3.54. The van der Waals surface area contributed by atoms with Crippen LogP contribution in [0, 0.1) is 10.1 Å². The summed E-state index contributed by atoms with van der Waals surface area (Å²) in [5.41, 5.74) is 0.663. The lowest BCUT2D eigenvalue weighted by Gasteiger charge is -2.29. The Balaban J connectivity index is 2.11. The zero-order valence-electron chi connectivity index (χ0n) is 9.41. The maximum absolute atomic E-state index is 10.9. The molecule has 1 fully saturated rings. The van der Waals surface area contributed by atoms with Crippen molar-refractivity contribution in [2.45, 2.75) is 18.7 Å². The van der Waals surface area contributed by atoms with E-state index < -0.39 is 23.2 Å². The van der Waals surface area contributed by atoms with Crippen molar-refractivity contribution in [1.82, 2.24) is 5.32 Å². The third kappa shape index (κ3) is 2.63. The molecule has 1 aliphatic rings. The van der Waals surface area contributed by atoms with Crippen LogP contribution in [0.4, 0.5) is 5.69 Å². The van der Waals surface area contributed by atoms with E-state index in [-0.39, 0.29) is 5.69 Å². The Morgan fingerprint density at radius 1 is 1.44 bits per heavy atom. The third-order valence-corrected chi connectivity index (χ3v) is 2.75. The highest BCUT2D eigenvalue weighted by atomic mass is 16.6. The highest BCUT2D eigenvalue weighted by molar-refractivity contribution is 5.73. The zero-order chi connectivity index (χ0) is 13.1. The number of hydrogen-bond acceptors (Lipinski definition) is 5. The second kappa shape index (κ2) is 5.11. The lowest BCUT2D eigenvalue weighted by Crippen LogP contribution is -2.44.